The van der Waals surface area contributed by atoms with Crippen LogP contribution in [0.4, 0.5) is 10.5 Å². The zero-order chi connectivity index (χ0) is 22.4. The van der Waals surface area contributed by atoms with E-state index in [4.69, 9.17) is 0 Å². The van der Waals surface area contributed by atoms with Gasteiger partial charge in [0.2, 0.25) is 0 Å². The first kappa shape index (κ1) is 22.4. The summed E-state index contributed by atoms with van der Waals surface area (Å²) in [5.74, 6) is -0.240. The van der Waals surface area contributed by atoms with Crippen molar-refractivity contribution in [3.8, 4) is 0 Å². The fourth-order valence-corrected chi connectivity index (χ4v) is 3.86. The molecule has 3 rings (SSSR count). The third-order valence-electron chi connectivity index (χ3n) is 4.89. The standard InChI is InChI=1S/C23H27N5O2S/c1-15(2)28(23(30)27-21-16(3)6-5-7-17(21)4)13-20-26-19(14-31-20)22(29)25-12-18-8-10-24-11-9-18/h5-11,14-15H,12-13H2,1-4H3,(H,25,29)(H,27,30). The molecule has 2 N–H and O–H groups in total. The minimum Gasteiger partial charge on any atom is -0.347 e. The van der Waals surface area contributed by atoms with Crippen molar-refractivity contribution >= 4 is 29.0 Å². The summed E-state index contributed by atoms with van der Waals surface area (Å²) in [7, 11) is 0. The molecule has 0 fully saturated rings. The molecule has 0 aliphatic heterocycles. The van der Waals surface area contributed by atoms with Gasteiger partial charge in [-0.1, -0.05) is 18.2 Å². The van der Waals surface area contributed by atoms with Crippen LogP contribution in [0.5, 0.6) is 0 Å². The van der Waals surface area contributed by atoms with Crippen molar-refractivity contribution in [2.24, 2.45) is 0 Å². The summed E-state index contributed by atoms with van der Waals surface area (Å²) < 4.78 is 0. The highest BCUT2D eigenvalue weighted by molar-refractivity contribution is 7.09. The molecule has 0 aliphatic rings. The number of hydrogen-bond donors (Lipinski definition) is 2. The number of nitrogens with zero attached hydrogens (tertiary/aromatic N) is 3. The van der Waals surface area contributed by atoms with E-state index in [2.05, 4.69) is 20.6 Å². The first-order valence-electron chi connectivity index (χ1n) is 10.1. The van der Waals surface area contributed by atoms with Crippen LogP contribution in [-0.2, 0) is 13.1 Å². The van der Waals surface area contributed by atoms with Crippen LogP contribution in [0.3, 0.4) is 0 Å². The van der Waals surface area contributed by atoms with Crippen molar-refractivity contribution < 1.29 is 9.59 Å². The molecule has 0 unspecified atom stereocenters. The monoisotopic (exact) mass is 437 g/mol. The number of amides is 3. The zero-order valence-corrected chi connectivity index (χ0v) is 19.0. The maximum absolute atomic E-state index is 13.0. The van der Waals surface area contributed by atoms with Gasteiger partial charge in [0.15, 0.2) is 0 Å². The smallest absolute Gasteiger partial charge is 0.322 e. The molecule has 3 aromatic rings. The number of para-hydroxylation sites is 1. The van der Waals surface area contributed by atoms with E-state index >= 15 is 0 Å². The van der Waals surface area contributed by atoms with Crippen LogP contribution in [0.2, 0.25) is 0 Å². The van der Waals surface area contributed by atoms with E-state index < -0.39 is 0 Å². The molecule has 1 aromatic carbocycles. The number of aryl methyl sites for hydroxylation is 2. The van der Waals surface area contributed by atoms with Crippen molar-refractivity contribution in [2.75, 3.05) is 5.32 Å². The second kappa shape index (κ2) is 10.2. The van der Waals surface area contributed by atoms with Crippen molar-refractivity contribution in [1.82, 2.24) is 20.2 Å². The van der Waals surface area contributed by atoms with Gasteiger partial charge in [0.1, 0.15) is 10.7 Å². The highest BCUT2D eigenvalue weighted by Crippen LogP contribution is 2.21. The number of benzene rings is 1. The lowest BCUT2D eigenvalue weighted by molar-refractivity contribution is 0.0946. The number of urea groups is 1. The third kappa shape index (κ3) is 5.88. The Kier molecular flexibility index (Phi) is 7.36. The molecule has 0 spiro atoms. The fraction of sp³-hybridized carbons (Fsp3) is 0.304. The lowest BCUT2D eigenvalue weighted by atomic mass is 10.1. The minimum atomic E-state index is -0.240. The van der Waals surface area contributed by atoms with Gasteiger partial charge in [-0.3, -0.25) is 9.78 Å². The highest BCUT2D eigenvalue weighted by Gasteiger charge is 2.21. The van der Waals surface area contributed by atoms with Gasteiger partial charge in [0, 0.05) is 36.0 Å². The number of hydrogen-bond acceptors (Lipinski definition) is 5. The van der Waals surface area contributed by atoms with Gasteiger partial charge in [0.05, 0.1) is 6.54 Å². The Morgan fingerprint density at radius 1 is 1.10 bits per heavy atom. The summed E-state index contributed by atoms with van der Waals surface area (Å²) >= 11 is 1.37. The topological polar surface area (TPSA) is 87.2 Å². The minimum absolute atomic E-state index is 0.0304. The van der Waals surface area contributed by atoms with Crippen LogP contribution >= 0.6 is 11.3 Å². The lowest BCUT2D eigenvalue weighted by Gasteiger charge is -2.27. The van der Waals surface area contributed by atoms with E-state index in [1.54, 1.807) is 22.7 Å². The Morgan fingerprint density at radius 2 is 1.77 bits per heavy atom. The van der Waals surface area contributed by atoms with E-state index in [0.29, 0.717) is 23.8 Å². The maximum Gasteiger partial charge on any atom is 0.322 e. The molecule has 3 amide bonds. The largest absolute Gasteiger partial charge is 0.347 e. The first-order valence-corrected chi connectivity index (χ1v) is 11.0. The number of aromatic nitrogens is 2. The molecule has 0 radical (unpaired) electrons. The number of rotatable bonds is 7. The molecule has 0 saturated carbocycles. The van der Waals surface area contributed by atoms with Crippen LogP contribution in [0.25, 0.3) is 0 Å². The average Bonchev–Trinajstić information content (AvgIpc) is 3.22. The molecule has 0 atom stereocenters. The molecule has 0 aliphatic carbocycles. The number of carbonyl (C=O) groups is 2. The third-order valence-corrected chi connectivity index (χ3v) is 5.72. The molecular formula is C23H27N5O2S. The summed E-state index contributed by atoms with van der Waals surface area (Å²) in [6.07, 6.45) is 3.37. The van der Waals surface area contributed by atoms with Crippen molar-refractivity contribution in [1.29, 1.82) is 0 Å². The van der Waals surface area contributed by atoms with Crippen LogP contribution in [-0.4, -0.2) is 32.8 Å². The molecule has 8 heteroatoms. The first-order chi connectivity index (χ1) is 14.8. The zero-order valence-electron chi connectivity index (χ0n) is 18.2. The Hall–Kier alpha value is -3.26. The molecule has 7 nitrogen and oxygen atoms in total. The average molecular weight is 438 g/mol. The van der Waals surface area contributed by atoms with Crippen molar-refractivity contribution in [3.05, 3.63) is 75.5 Å². The quantitative estimate of drug-likeness (QED) is 0.569. The Morgan fingerprint density at radius 3 is 2.42 bits per heavy atom. The van der Waals surface area contributed by atoms with Crippen molar-refractivity contribution in [3.63, 3.8) is 0 Å². The molecular weight excluding hydrogens is 410 g/mol. The number of thiazole rings is 1. The van der Waals surface area contributed by atoms with E-state index in [1.807, 2.05) is 58.0 Å². The molecule has 0 bridgehead atoms. The van der Waals surface area contributed by atoms with Crippen molar-refractivity contribution in [2.45, 2.75) is 46.8 Å². The molecule has 0 saturated heterocycles. The Labute approximate surface area is 186 Å². The second-order valence-corrected chi connectivity index (χ2v) is 8.53. The van der Waals surface area contributed by atoms with E-state index in [-0.39, 0.29) is 18.0 Å². The van der Waals surface area contributed by atoms with Crippen LogP contribution in [0.1, 0.15) is 46.0 Å². The van der Waals surface area contributed by atoms with Crippen LogP contribution in [0, 0.1) is 13.8 Å². The summed E-state index contributed by atoms with van der Waals surface area (Å²) in [6.45, 7) is 8.60. The summed E-state index contributed by atoms with van der Waals surface area (Å²) in [5.41, 5.74) is 4.17. The summed E-state index contributed by atoms with van der Waals surface area (Å²) in [6, 6.07) is 9.39. The van der Waals surface area contributed by atoms with Gasteiger partial charge in [0.25, 0.3) is 5.91 Å². The maximum atomic E-state index is 13.0. The van der Waals surface area contributed by atoms with E-state index in [9.17, 15) is 9.59 Å². The van der Waals surface area contributed by atoms with Gasteiger partial charge < -0.3 is 15.5 Å². The molecule has 2 heterocycles. The van der Waals surface area contributed by atoms with Gasteiger partial charge in [-0.25, -0.2) is 9.78 Å². The van der Waals surface area contributed by atoms with E-state index in [0.717, 1.165) is 22.4 Å². The van der Waals surface area contributed by atoms with Gasteiger partial charge in [-0.15, -0.1) is 11.3 Å². The SMILES string of the molecule is Cc1cccc(C)c1NC(=O)N(Cc1nc(C(=O)NCc2ccncc2)cs1)C(C)C. The summed E-state index contributed by atoms with van der Waals surface area (Å²) in [4.78, 5) is 35.5. The predicted molar refractivity (Wildman–Crippen MR) is 123 cm³/mol. The fourth-order valence-electron chi connectivity index (χ4n) is 3.09. The normalized spacial score (nSPS) is 10.7. The highest BCUT2D eigenvalue weighted by atomic mass is 32.1. The lowest BCUT2D eigenvalue weighted by Crippen LogP contribution is -2.39. The second-order valence-electron chi connectivity index (χ2n) is 7.58. The number of anilines is 1. The van der Waals surface area contributed by atoms with Crippen LogP contribution in [0.15, 0.2) is 48.1 Å². The van der Waals surface area contributed by atoms with E-state index in [1.165, 1.54) is 11.3 Å². The number of nitrogens with one attached hydrogen (secondary N) is 2. The molecule has 2 aromatic heterocycles. The van der Waals surface area contributed by atoms with Gasteiger partial charge in [-0.2, -0.15) is 0 Å². The Balaban J connectivity index is 1.64. The van der Waals surface area contributed by atoms with Crippen LogP contribution < -0.4 is 10.6 Å². The molecule has 31 heavy (non-hydrogen) atoms. The number of pyridine rings is 1. The molecule has 162 valence electrons. The van der Waals surface area contributed by atoms with Gasteiger partial charge >= 0.3 is 6.03 Å². The van der Waals surface area contributed by atoms with Gasteiger partial charge in [-0.05, 0) is 56.5 Å². The predicted octanol–water partition coefficient (Wildman–Crippen LogP) is 4.53. The summed E-state index contributed by atoms with van der Waals surface area (Å²) in [5, 5.41) is 8.31. The number of carbonyl (C=O) groups excluding carboxylic acids is 2. The Bertz CT molecular complexity index is 1030.